The number of benzene rings is 2. The summed E-state index contributed by atoms with van der Waals surface area (Å²) in [6.45, 7) is 0.472. The lowest BCUT2D eigenvalue weighted by molar-refractivity contribution is -0.124. The molecule has 1 amide bonds. The minimum atomic E-state index is 0.0669. The van der Waals surface area contributed by atoms with Gasteiger partial charge >= 0.3 is 0 Å². The third-order valence-electron chi connectivity index (χ3n) is 5.46. The molecule has 0 bridgehead atoms. The second-order valence-corrected chi connectivity index (χ2v) is 8.30. The van der Waals surface area contributed by atoms with Crippen LogP contribution in [0.5, 0.6) is 17.2 Å². The van der Waals surface area contributed by atoms with E-state index in [4.69, 9.17) is 14.2 Å². The number of rotatable bonds is 8. The predicted molar refractivity (Wildman–Crippen MR) is 120 cm³/mol. The maximum absolute atomic E-state index is 13.2. The molecule has 0 saturated heterocycles. The van der Waals surface area contributed by atoms with Crippen LogP contribution in [0.15, 0.2) is 42.5 Å². The summed E-state index contributed by atoms with van der Waals surface area (Å²) in [4.78, 5) is 14.9. The van der Waals surface area contributed by atoms with E-state index >= 15 is 0 Å². The van der Waals surface area contributed by atoms with Crippen LogP contribution in [0.2, 0.25) is 0 Å². The lowest BCUT2D eigenvalue weighted by Gasteiger charge is -2.30. The molecular weight excluding hydrogens is 414 g/mol. The molecule has 162 valence electrons. The van der Waals surface area contributed by atoms with Crippen LogP contribution in [0, 0.1) is 5.92 Å². The Hall–Kier alpha value is -3.13. The number of anilines is 1. The van der Waals surface area contributed by atoms with Gasteiger partial charge in [-0.1, -0.05) is 48.1 Å². The van der Waals surface area contributed by atoms with E-state index in [9.17, 15) is 4.79 Å². The number of methoxy groups -OCH3 is 3. The highest BCUT2D eigenvalue weighted by Crippen LogP contribution is 2.42. The maximum Gasteiger partial charge on any atom is 0.232 e. The molecule has 1 aliphatic carbocycles. The molecule has 0 spiro atoms. The molecule has 7 nitrogen and oxygen atoms in total. The van der Waals surface area contributed by atoms with E-state index in [1.165, 1.54) is 11.3 Å². The van der Waals surface area contributed by atoms with E-state index in [0.29, 0.717) is 33.9 Å². The summed E-state index contributed by atoms with van der Waals surface area (Å²) < 4.78 is 16.3. The number of aromatic nitrogens is 2. The molecule has 4 rings (SSSR count). The van der Waals surface area contributed by atoms with Gasteiger partial charge in [0.25, 0.3) is 0 Å². The number of hydrogen-bond donors (Lipinski definition) is 0. The molecule has 0 radical (unpaired) electrons. The molecule has 1 heterocycles. The zero-order chi connectivity index (χ0) is 21.8. The summed E-state index contributed by atoms with van der Waals surface area (Å²) in [6.07, 6.45) is 2.97. The number of amides is 1. The predicted octanol–water partition coefficient (Wildman–Crippen LogP) is 4.56. The Bertz CT molecular complexity index is 1020. The van der Waals surface area contributed by atoms with Crippen molar-refractivity contribution in [2.24, 2.45) is 5.92 Å². The lowest BCUT2D eigenvalue weighted by atomic mass is 9.84. The molecule has 1 aromatic heterocycles. The van der Waals surface area contributed by atoms with Gasteiger partial charge < -0.3 is 14.2 Å². The molecular formula is C23H25N3O4S. The average molecular weight is 440 g/mol. The summed E-state index contributed by atoms with van der Waals surface area (Å²) in [6, 6.07) is 13.6. The Morgan fingerprint density at radius 3 is 2.26 bits per heavy atom. The van der Waals surface area contributed by atoms with Crippen LogP contribution >= 0.6 is 11.3 Å². The Kier molecular flexibility index (Phi) is 6.36. The fourth-order valence-corrected chi connectivity index (χ4v) is 4.36. The van der Waals surface area contributed by atoms with Gasteiger partial charge in [0, 0.05) is 11.5 Å². The first-order valence-corrected chi connectivity index (χ1v) is 11.0. The summed E-state index contributed by atoms with van der Waals surface area (Å²) in [7, 11) is 4.72. The quantitative estimate of drug-likeness (QED) is 0.512. The van der Waals surface area contributed by atoms with Crippen molar-refractivity contribution >= 4 is 22.4 Å². The standard InChI is InChI=1S/C23H25N3O4S/c1-28-18-12-17(13-19(29-2)20(18)30-3)21-24-25-23(31-21)26(22(27)16-10-7-11-16)14-15-8-5-4-6-9-15/h4-6,8-9,12-13,16H,7,10-11,14H2,1-3H3. The van der Waals surface area contributed by atoms with E-state index < -0.39 is 0 Å². The van der Waals surface area contributed by atoms with Crippen LogP contribution in [0.4, 0.5) is 5.13 Å². The van der Waals surface area contributed by atoms with Crippen molar-refractivity contribution in [3.63, 3.8) is 0 Å². The van der Waals surface area contributed by atoms with Gasteiger partial charge in [-0.3, -0.25) is 9.69 Å². The Morgan fingerprint density at radius 1 is 1.03 bits per heavy atom. The number of ether oxygens (including phenoxy) is 3. The zero-order valence-electron chi connectivity index (χ0n) is 17.8. The molecule has 2 aromatic carbocycles. The van der Waals surface area contributed by atoms with Crippen molar-refractivity contribution in [2.75, 3.05) is 26.2 Å². The van der Waals surface area contributed by atoms with Crippen LogP contribution in [0.3, 0.4) is 0 Å². The van der Waals surface area contributed by atoms with Gasteiger partial charge in [0.05, 0.1) is 27.9 Å². The minimum absolute atomic E-state index is 0.0669. The summed E-state index contributed by atoms with van der Waals surface area (Å²) in [5.41, 5.74) is 1.84. The van der Waals surface area contributed by atoms with Crippen molar-refractivity contribution in [3.8, 4) is 27.8 Å². The Balaban J connectivity index is 1.68. The summed E-state index contributed by atoms with van der Waals surface area (Å²) >= 11 is 1.38. The SMILES string of the molecule is COc1cc(-c2nnc(N(Cc3ccccc3)C(=O)C3CCC3)s2)cc(OC)c1OC. The highest BCUT2D eigenvalue weighted by molar-refractivity contribution is 7.18. The van der Waals surface area contributed by atoms with Crippen LogP contribution in [0.1, 0.15) is 24.8 Å². The molecule has 3 aromatic rings. The van der Waals surface area contributed by atoms with Crippen molar-refractivity contribution in [2.45, 2.75) is 25.8 Å². The Labute approximate surface area is 185 Å². The largest absolute Gasteiger partial charge is 0.493 e. The van der Waals surface area contributed by atoms with Crippen molar-refractivity contribution < 1.29 is 19.0 Å². The third-order valence-corrected chi connectivity index (χ3v) is 6.46. The number of carbonyl (C=O) groups excluding carboxylic acids is 1. The zero-order valence-corrected chi connectivity index (χ0v) is 18.6. The lowest BCUT2D eigenvalue weighted by Crippen LogP contribution is -2.38. The first-order chi connectivity index (χ1) is 15.1. The molecule has 1 aliphatic rings. The second kappa shape index (κ2) is 9.34. The monoisotopic (exact) mass is 439 g/mol. The van der Waals surface area contributed by atoms with Gasteiger partial charge in [-0.05, 0) is 30.5 Å². The molecule has 1 saturated carbocycles. The van der Waals surface area contributed by atoms with E-state index in [1.54, 1.807) is 26.2 Å². The van der Waals surface area contributed by atoms with Gasteiger partial charge in [0.15, 0.2) is 11.5 Å². The van der Waals surface area contributed by atoms with Crippen LogP contribution in [-0.2, 0) is 11.3 Å². The van der Waals surface area contributed by atoms with Gasteiger partial charge in [0.2, 0.25) is 16.8 Å². The normalized spacial score (nSPS) is 13.4. The van der Waals surface area contributed by atoms with E-state index in [-0.39, 0.29) is 11.8 Å². The van der Waals surface area contributed by atoms with Gasteiger partial charge in [0.1, 0.15) is 5.01 Å². The third kappa shape index (κ3) is 4.34. The molecule has 0 aliphatic heterocycles. The first-order valence-electron chi connectivity index (χ1n) is 10.1. The topological polar surface area (TPSA) is 73.8 Å². The van der Waals surface area contributed by atoms with E-state index in [1.807, 2.05) is 42.5 Å². The van der Waals surface area contributed by atoms with E-state index in [2.05, 4.69) is 10.2 Å². The smallest absolute Gasteiger partial charge is 0.232 e. The van der Waals surface area contributed by atoms with Gasteiger partial charge in [-0.15, -0.1) is 10.2 Å². The first kappa shape index (κ1) is 21.1. The number of hydrogen-bond acceptors (Lipinski definition) is 7. The van der Waals surface area contributed by atoms with Crippen LogP contribution < -0.4 is 19.1 Å². The number of nitrogens with zero attached hydrogens (tertiary/aromatic N) is 3. The van der Waals surface area contributed by atoms with Gasteiger partial charge in [-0.2, -0.15) is 0 Å². The molecule has 0 unspecified atom stereocenters. The average Bonchev–Trinajstić information content (AvgIpc) is 3.25. The Morgan fingerprint density at radius 2 is 1.71 bits per heavy atom. The van der Waals surface area contributed by atoms with Crippen molar-refractivity contribution in [1.82, 2.24) is 10.2 Å². The fourth-order valence-electron chi connectivity index (χ4n) is 3.53. The highest BCUT2D eigenvalue weighted by Gasteiger charge is 2.32. The molecule has 8 heteroatoms. The fraction of sp³-hybridized carbons (Fsp3) is 0.348. The summed E-state index contributed by atoms with van der Waals surface area (Å²) in [5.74, 6) is 1.78. The molecule has 1 fully saturated rings. The molecule has 0 N–H and O–H groups in total. The number of carbonyl (C=O) groups is 1. The van der Waals surface area contributed by atoms with Crippen LogP contribution in [-0.4, -0.2) is 37.4 Å². The van der Waals surface area contributed by atoms with Crippen molar-refractivity contribution in [1.29, 1.82) is 0 Å². The minimum Gasteiger partial charge on any atom is -0.493 e. The second-order valence-electron chi connectivity index (χ2n) is 7.34. The molecule has 31 heavy (non-hydrogen) atoms. The van der Waals surface area contributed by atoms with Crippen molar-refractivity contribution in [3.05, 3.63) is 48.0 Å². The highest BCUT2D eigenvalue weighted by atomic mass is 32.1. The molecule has 0 atom stereocenters. The maximum atomic E-state index is 13.2. The van der Waals surface area contributed by atoms with Gasteiger partial charge in [-0.25, -0.2) is 0 Å². The van der Waals surface area contributed by atoms with Crippen LogP contribution in [0.25, 0.3) is 10.6 Å². The summed E-state index contributed by atoms with van der Waals surface area (Å²) in [5, 5.41) is 9.99. The van der Waals surface area contributed by atoms with E-state index in [0.717, 1.165) is 30.4 Å².